The zero-order valence-corrected chi connectivity index (χ0v) is 13.1. The fourth-order valence-corrected chi connectivity index (χ4v) is 2.95. The predicted octanol–water partition coefficient (Wildman–Crippen LogP) is 4.10. The van der Waals surface area contributed by atoms with E-state index in [0.717, 1.165) is 15.5 Å². The highest BCUT2D eigenvalue weighted by molar-refractivity contribution is 9.10. The molecule has 5 heteroatoms. The summed E-state index contributed by atoms with van der Waals surface area (Å²) < 4.78 is 6.82. The molecule has 3 aromatic rings. The van der Waals surface area contributed by atoms with E-state index in [4.69, 9.17) is 4.74 Å². The Hall–Kier alpha value is -2.27. The zero-order chi connectivity index (χ0) is 15.1. The van der Waals surface area contributed by atoms with Crippen LogP contribution in [0, 0.1) is 0 Å². The zero-order valence-electron chi connectivity index (χ0n) is 11.5. The third-order valence-electron chi connectivity index (χ3n) is 3.68. The molecular formula is C17H11BrN2O2. The number of hydrogen-bond donors (Lipinski definition) is 0. The minimum Gasteiger partial charge on any atom is -0.483 e. The second-order valence-electron chi connectivity index (χ2n) is 5.16. The molecule has 1 atom stereocenters. The molecule has 1 aromatic heterocycles. The van der Waals surface area contributed by atoms with Crippen molar-refractivity contribution in [2.24, 2.45) is 0 Å². The van der Waals surface area contributed by atoms with Gasteiger partial charge in [0.05, 0.1) is 29.2 Å². The molecule has 0 N–H and O–H groups in total. The number of benzene rings is 2. The van der Waals surface area contributed by atoms with Gasteiger partial charge in [-0.1, -0.05) is 28.1 Å². The number of nitrogens with zero attached hydrogens (tertiary/aromatic N) is 2. The van der Waals surface area contributed by atoms with Gasteiger partial charge in [-0.05, 0) is 30.3 Å². The van der Waals surface area contributed by atoms with Gasteiger partial charge in [-0.3, -0.25) is 9.78 Å². The number of hydrogen-bond acceptors (Lipinski definition) is 4. The number of fused-ring (bicyclic) bond motifs is 2. The van der Waals surface area contributed by atoms with E-state index in [1.807, 2.05) is 30.3 Å². The monoisotopic (exact) mass is 354 g/mol. The average molecular weight is 355 g/mol. The van der Waals surface area contributed by atoms with Crippen molar-refractivity contribution in [3.05, 3.63) is 64.4 Å². The normalized spacial score (nSPS) is 17.1. The molecule has 2 heterocycles. The predicted molar refractivity (Wildman–Crippen MR) is 86.0 cm³/mol. The van der Waals surface area contributed by atoms with Gasteiger partial charge in [0.15, 0.2) is 5.78 Å². The summed E-state index contributed by atoms with van der Waals surface area (Å²) in [5.74, 6) is 0.655. The number of para-hydroxylation sites is 2. The van der Waals surface area contributed by atoms with Gasteiger partial charge in [0.2, 0.25) is 0 Å². The molecule has 1 aliphatic rings. The fraction of sp³-hybridized carbons (Fsp3) is 0.118. The summed E-state index contributed by atoms with van der Waals surface area (Å²) in [5, 5.41) is 0. The van der Waals surface area contributed by atoms with Crippen molar-refractivity contribution in [3.63, 3.8) is 0 Å². The summed E-state index contributed by atoms with van der Waals surface area (Å²) in [6.07, 6.45) is 1.57. The molecule has 4 rings (SSSR count). The number of halogens is 1. The van der Waals surface area contributed by atoms with Gasteiger partial charge < -0.3 is 4.74 Å². The summed E-state index contributed by atoms with van der Waals surface area (Å²) in [7, 11) is 0. The molecule has 0 saturated heterocycles. The Morgan fingerprint density at radius 1 is 1.14 bits per heavy atom. The van der Waals surface area contributed by atoms with Crippen LogP contribution in [0.3, 0.4) is 0 Å². The third kappa shape index (κ3) is 2.27. The van der Waals surface area contributed by atoms with E-state index in [-0.39, 0.29) is 12.2 Å². The second-order valence-corrected chi connectivity index (χ2v) is 6.07. The highest BCUT2D eigenvalue weighted by Crippen LogP contribution is 2.35. The maximum atomic E-state index is 12.3. The van der Waals surface area contributed by atoms with Crippen molar-refractivity contribution in [2.75, 3.05) is 0 Å². The molecule has 0 fully saturated rings. The summed E-state index contributed by atoms with van der Waals surface area (Å²) in [4.78, 5) is 21.3. The van der Waals surface area contributed by atoms with Crippen molar-refractivity contribution in [1.29, 1.82) is 0 Å². The van der Waals surface area contributed by atoms with E-state index >= 15 is 0 Å². The van der Waals surface area contributed by atoms with Gasteiger partial charge in [-0.2, -0.15) is 0 Å². The Kier molecular flexibility index (Phi) is 3.15. The van der Waals surface area contributed by atoms with Gasteiger partial charge in [-0.25, -0.2) is 4.98 Å². The topological polar surface area (TPSA) is 52.1 Å². The van der Waals surface area contributed by atoms with Gasteiger partial charge in [0.1, 0.15) is 17.5 Å². The Balaban J connectivity index is 1.74. The molecule has 1 unspecified atom stereocenters. The lowest BCUT2D eigenvalue weighted by Crippen LogP contribution is -2.21. The Labute approximate surface area is 135 Å². The average Bonchev–Trinajstić information content (AvgIpc) is 2.55. The van der Waals surface area contributed by atoms with Crippen molar-refractivity contribution in [3.8, 4) is 5.75 Å². The molecule has 0 amide bonds. The molecule has 0 aliphatic carbocycles. The van der Waals surface area contributed by atoms with E-state index in [1.165, 1.54) is 0 Å². The van der Waals surface area contributed by atoms with Crippen molar-refractivity contribution in [2.45, 2.75) is 12.5 Å². The number of ether oxygens (including phenoxy) is 1. The smallest absolute Gasteiger partial charge is 0.170 e. The van der Waals surface area contributed by atoms with Gasteiger partial charge in [-0.15, -0.1) is 0 Å². The lowest BCUT2D eigenvalue weighted by atomic mass is 9.99. The van der Waals surface area contributed by atoms with Crippen molar-refractivity contribution >= 4 is 32.7 Å². The quantitative estimate of drug-likeness (QED) is 0.660. The van der Waals surface area contributed by atoms with E-state index in [9.17, 15) is 4.79 Å². The Bertz CT molecular complexity index is 895. The number of Topliss-reactive ketones (excluding diaryl/α,β-unsaturated/α-hetero) is 1. The highest BCUT2D eigenvalue weighted by atomic mass is 79.9. The van der Waals surface area contributed by atoms with Crippen molar-refractivity contribution in [1.82, 2.24) is 9.97 Å². The Morgan fingerprint density at radius 3 is 2.82 bits per heavy atom. The minimum atomic E-state index is -0.390. The van der Waals surface area contributed by atoms with E-state index in [0.29, 0.717) is 17.0 Å². The lowest BCUT2D eigenvalue weighted by molar-refractivity contribution is 0.0844. The van der Waals surface area contributed by atoms with Crippen LogP contribution >= 0.6 is 15.9 Å². The molecule has 0 radical (unpaired) electrons. The molecule has 0 saturated carbocycles. The van der Waals surface area contributed by atoms with Gasteiger partial charge in [0, 0.05) is 4.47 Å². The Morgan fingerprint density at radius 2 is 1.95 bits per heavy atom. The van der Waals surface area contributed by atoms with E-state index in [1.54, 1.807) is 18.3 Å². The molecular weight excluding hydrogens is 344 g/mol. The molecule has 2 aromatic carbocycles. The molecule has 1 aliphatic heterocycles. The fourth-order valence-electron chi connectivity index (χ4n) is 2.59. The first-order valence-electron chi connectivity index (χ1n) is 6.92. The first-order chi connectivity index (χ1) is 10.7. The highest BCUT2D eigenvalue weighted by Gasteiger charge is 2.29. The third-order valence-corrected chi connectivity index (χ3v) is 4.17. The van der Waals surface area contributed by atoms with Crippen LogP contribution in [0.1, 0.15) is 28.6 Å². The summed E-state index contributed by atoms with van der Waals surface area (Å²) >= 11 is 3.37. The van der Waals surface area contributed by atoms with Crippen LogP contribution in [0.25, 0.3) is 11.0 Å². The molecule has 22 heavy (non-hydrogen) atoms. The molecule has 0 bridgehead atoms. The molecule has 0 spiro atoms. The number of aromatic nitrogens is 2. The maximum Gasteiger partial charge on any atom is 0.170 e. The molecule has 4 nitrogen and oxygen atoms in total. The van der Waals surface area contributed by atoms with Gasteiger partial charge >= 0.3 is 0 Å². The number of ketones is 1. The molecule has 108 valence electrons. The standard InChI is InChI=1S/C17H11BrN2O2/c18-10-5-6-16-11(7-10)15(21)8-17(22-16)14-9-19-12-3-1-2-4-13(12)20-14/h1-7,9,17H,8H2. The summed E-state index contributed by atoms with van der Waals surface area (Å²) in [5.41, 5.74) is 2.93. The number of carbonyl (C=O) groups is 1. The van der Waals surface area contributed by atoms with Crippen LogP contribution in [-0.4, -0.2) is 15.8 Å². The number of rotatable bonds is 1. The van der Waals surface area contributed by atoms with Crippen LogP contribution in [0.4, 0.5) is 0 Å². The van der Waals surface area contributed by atoms with Crippen LogP contribution in [-0.2, 0) is 0 Å². The lowest BCUT2D eigenvalue weighted by Gasteiger charge is -2.24. The van der Waals surface area contributed by atoms with Crippen LogP contribution < -0.4 is 4.74 Å². The van der Waals surface area contributed by atoms with E-state index < -0.39 is 6.10 Å². The van der Waals surface area contributed by atoms with Crippen LogP contribution in [0.15, 0.2) is 53.1 Å². The van der Waals surface area contributed by atoms with Crippen LogP contribution in [0.5, 0.6) is 5.75 Å². The first kappa shape index (κ1) is 13.4. The maximum absolute atomic E-state index is 12.3. The summed E-state index contributed by atoms with van der Waals surface area (Å²) in [6, 6.07) is 13.1. The minimum absolute atomic E-state index is 0.0579. The van der Waals surface area contributed by atoms with Gasteiger partial charge in [0.25, 0.3) is 0 Å². The largest absolute Gasteiger partial charge is 0.483 e. The number of carbonyl (C=O) groups excluding carboxylic acids is 1. The summed E-state index contributed by atoms with van der Waals surface area (Å²) in [6.45, 7) is 0. The van der Waals surface area contributed by atoms with E-state index in [2.05, 4.69) is 25.9 Å². The SMILES string of the molecule is O=C1CC(c2cnc3ccccc3n2)Oc2ccc(Br)cc21. The first-order valence-corrected chi connectivity index (χ1v) is 7.71. The van der Waals surface area contributed by atoms with Crippen LogP contribution in [0.2, 0.25) is 0 Å². The second kappa shape index (κ2) is 5.18. The van der Waals surface area contributed by atoms with Crippen molar-refractivity contribution < 1.29 is 9.53 Å².